The first kappa shape index (κ1) is 11.6. The summed E-state index contributed by atoms with van der Waals surface area (Å²) in [6.07, 6.45) is 7.44. The standard InChI is InChI=1S/C10H20O.CH3.Al/c1-4-6-10(11)8-5-7-9(2)3;;/h9-10H,1,4-8H2,2-3H3;1H3;/q-1;;+1. The fraction of sp³-hybridized carbons (Fsp3) is 1.00. The molecule has 1 nitrogen and oxygen atoms in total. The van der Waals surface area contributed by atoms with Crippen molar-refractivity contribution in [3.8, 4) is 0 Å². The zero-order valence-electron chi connectivity index (χ0n) is 9.38. The molecule has 2 heteroatoms. The quantitative estimate of drug-likeness (QED) is 0.627. The first-order valence-corrected chi connectivity index (χ1v) is 8.28. The van der Waals surface area contributed by atoms with Crippen LogP contribution in [0.4, 0.5) is 0 Å². The molecule has 1 rings (SSSR count). The summed E-state index contributed by atoms with van der Waals surface area (Å²) >= 11 is -0.720. The molecule has 0 aromatic carbocycles. The molecule has 1 aliphatic heterocycles. The van der Waals surface area contributed by atoms with Crippen molar-refractivity contribution in [1.82, 2.24) is 0 Å². The van der Waals surface area contributed by atoms with Crippen LogP contribution in [0.3, 0.4) is 0 Å². The Labute approximate surface area is 87.6 Å². The lowest BCUT2D eigenvalue weighted by molar-refractivity contribution is 0.157. The average Bonchev–Trinajstić information content (AvgIpc) is 2.03. The highest BCUT2D eigenvalue weighted by Crippen LogP contribution is 2.22. The maximum atomic E-state index is 6.01. The molecule has 0 saturated carbocycles. The zero-order chi connectivity index (χ0) is 9.68. The molecule has 0 amide bonds. The van der Waals surface area contributed by atoms with Gasteiger partial charge < -0.3 is 3.79 Å². The Bertz CT molecular complexity index is 136. The van der Waals surface area contributed by atoms with Gasteiger partial charge in [-0.2, -0.15) is 0 Å². The smallest absolute Gasteiger partial charge is 0.457 e. The SMILES string of the molecule is CC(C)CCCC1CC[CH2][Al]([CH3])[O]1. The van der Waals surface area contributed by atoms with E-state index in [9.17, 15) is 0 Å². The van der Waals surface area contributed by atoms with E-state index in [-0.39, 0.29) is 0 Å². The highest BCUT2D eigenvalue weighted by molar-refractivity contribution is 6.50. The predicted octanol–water partition coefficient (Wildman–Crippen LogP) is 3.61. The fourth-order valence-corrected chi connectivity index (χ4v) is 3.94. The lowest BCUT2D eigenvalue weighted by atomic mass is 10.0. The van der Waals surface area contributed by atoms with Gasteiger partial charge in [0, 0.05) is 6.10 Å². The van der Waals surface area contributed by atoms with Crippen molar-refractivity contribution in [2.75, 3.05) is 0 Å². The molecule has 1 aliphatic rings. The monoisotopic (exact) mass is 198 g/mol. The maximum Gasteiger partial charge on any atom is 0.457 e. The molecule has 0 aliphatic carbocycles. The van der Waals surface area contributed by atoms with E-state index in [2.05, 4.69) is 19.6 Å². The molecule has 0 N–H and O–H groups in total. The van der Waals surface area contributed by atoms with Crippen molar-refractivity contribution < 1.29 is 3.79 Å². The lowest BCUT2D eigenvalue weighted by Gasteiger charge is -2.26. The minimum absolute atomic E-state index is 0.633. The van der Waals surface area contributed by atoms with Crippen LogP contribution in [0.15, 0.2) is 0 Å². The predicted molar refractivity (Wildman–Crippen MR) is 59.2 cm³/mol. The van der Waals surface area contributed by atoms with Gasteiger partial charge in [0.05, 0.1) is 0 Å². The molecule has 0 radical (unpaired) electrons. The molecule has 1 fully saturated rings. The Morgan fingerprint density at radius 3 is 2.85 bits per heavy atom. The summed E-state index contributed by atoms with van der Waals surface area (Å²) in [4.78, 5) is 0. The zero-order valence-corrected chi connectivity index (χ0v) is 10.5. The third-order valence-corrected chi connectivity index (χ3v) is 4.94. The van der Waals surface area contributed by atoms with Gasteiger partial charge in [0.1, 0.15) is 0 Å². The minimum Gasteiger partial charge on any atom is -0.498 e. The van der Waals surface area contributed by atoms with Crippen LogP contribution in [-0.4, -0.2) is 20.6 Å². The van der Waals surface area contributed by atoms with Crippen LogP contribution in [0.25, 0.3) is 0 Å². The van der Waals surface area contributed by atoms with Crippen molar-refractivity contribution in [3.63, 3.8) is 0 Å². The minimum atomic E-state index is -0.720. The van der Waals surface area contributed by atoms with Gasteiger partial charge in [-0.3, -0.25) is 0 Å². The fourth-order valence-electron chi connectivity index (χ4n) is 2.06. The van der Waals surface area contributed by atoms with Gasteiger partial charge in [0.15, 0.2) is 0 Å². The summed E-state index contributed by atoms with van der Waals surface area (Å²) in [5.41, 5.74) is 0. The Kier molecular flexibility index (Phi) is 5.40. The van der Waals surface area contributed by atoms with Crippen LogP contribution in [0, 0.1) is 5.92 Å². The van der Waals surface area contributed by atoms with Gasteiger partial charge in [0.2, 0.25) is 0 Å². The van der Waals surface area contributed by atoms with Gasteiger partial charge in [-0.15, -0.1) is 0 Å². The molecule has 0 aromatic rings. The molecular formula is C11H23AlO. The summed E-state index contributed by atoms with van der Waals surface area (Å²) in [5.74, 6) is 3.20. The van der Waals surface area contributed by atoms with Gasteiger partial charge >= 0.3 is 14.5 Å². The molecular weight excluding hydrogens is 175 g/mol. The average molecular weight is 198 g/mol. The van der Waals surface area contributed by atoms with Crippen LogP contribution in [0.2, 0.25) is 11.1 Å². The Hall–Kier alpha value is 0.492. The van der Waals surface area contributed by atoms with E-state index < -0.39 is 14.5 Å². The van der Waals surface area contributed by atoms with Crippen molar-refractivity contribution in [3.05, 3.63) is 0 Å². The van der Waals surface area contributed by atoms with E-state index in [1.165, 1.54) is 37.4 Å². The first-order valence-electron chi connectivity index (χ1n) is 5.84. The second kappa shape index (κ2) is 6.07. The van der Waals surface area contributed by atoms with E-state index >= 15 is 0 Å². The maximum absolute atomic E-state index is 6.01. The van der Waals surface area contributed by atoms with E-state index in [0.717, 1.165) is 5.92 Å². The van der Waals surface area contributed by atoms with Crippen molar-refractivity contribution in [2.24, 2.45) is 5.92 Å². The summed E-state index contributed by atoms with van der Waals surface area (Å²) in [5, 5.41) is 1.40. The van der Waals surface area contributed by atoms with E-state index in [1.807, 2.05) is 0 Å². The molecule has 76 valence electrons. The Morgan fingerprint density at radius 2 is 2.23 bits per heavy atom. The van der Waals surface area contributed by atoms with Crippen LogP contribution in [-0.2, 0) is 3.79 Å². The molecule has 0 spiro atoms. The van der Waals surface area contributed by atoms with Gasteiger partial charge in [-0.25, -0.2) is 0 Å². The molecule has 13 heavy (non-hydrogen) atoms. The third kappa shape index (κ3) is 5.06. The third-order valence-electron chi connectivity index (χ3n) is 2.87. The Balaban J connectivity index is 2.06. The molecule has 1 heterocycles. The largest absolute Gasteiger partial charge is 0.498 e. The summed E-state index contributed by atoms with van der Waals surface area (Å²) < 4.78 is 6.01. The summed E-state index contributed by atoms with van der Waals surface area (Å²) in [6.45, 7) is 4.61. The van der Waals surface area contributed by atoms with E-state index in [1.54, 1.807) is 0 Å². The van der Waals surface area contributed by atoms with E-state index in [4.69, 9.17) is 3.79 Å². The number of rotatable bonds is 4. The van der Waals surface area contributed by atoms with Crippen molar-refractivity contribution >= 4 is 14.5 Å². The molecule has 0 aromatic heterocycles. The van der Waals surface area contributed by atoms with Crippen molar-refractivity contribution in [2.45, 2.75) is 63.1 Å². The molecule has 1 atom stereocenters. The Morgan fingerprint density at radius 1 is 1.46 bits per heavy atom. The van der Waals surface area contributed by atoms with Gasteiger partial charge in [-0.05, 0) is 18.8 Å². The van der Waals surface area contributed by atoms with Crippen LogP contribution in [0.5, 0.6) is 0 Å². The van der Waals surface area contributed by atoms with Crippen LogP contribution < -0.4 is 0 Å². The normalized spacial score (nSPS) is 24.0. The number of hydrogen-bond acceptors (Lipinski definition) is 1. The second-order valence-corrected chi connectivity index (χ2v) is 7.30. The first-order chi connectivity index (χ1) is 6.18. The van der Waals surface area contributed by atoms with Gasteiger partial charge in [-0.1, -0.05) is 44.2 Å². The molecule has 0 bridgehead atoms. The van der Waals surface area contributed by atoms with Gasteiger partial charge in [0.25, 0.3) is 0 Å². The summed E-state index contributed by atoms with van der Waals surface area (Å²) in [7, 11) is 0. The van der Waals surface area contributed by atoms with Crippen LogP contribution in [0.1, 0.15) is 46.0 Å². The number of hydrogen-bond donors (Lipinski definition) is 0. The lowest BCUT2D eigenvalue weighted by Crippen LogP contribution is -2.28. The molecule has 1 unspecified atom stereocenters. The van der Waals surface area contributed by atoms with Crippen molar-refractivity contribution in [1.29, 1.82) is 0 Å². The molecule has 1 saturated heterocycles. The highest BCUT2D eigenvalue weighted by atomic mass is 27.2. The summed E-state index contributed by atoms with van der Waals surface area (Å²) in [6, 6.07) is 0. The van der Waals surface area contributed by atoms with E-state index in [0.29, 0.717) is 6.10 Å². The topological polar surface area (TPSA) is 9.23 Å². The van der Waals surface area contributed by atoms with Crippen LogP contribution >= 0.6 is 0 Å². The highest BCUT2D eigenvalue weighted by Gasteiger charge is 2.23. The second-order valence-electron chi connectivity index (χ2n) is 4.82.